The summed E-state index contributed by atoms with van der Waals surface area (Å²) in [7, 11) is 0. The average molecular weight is 229 g/mol. The van der Waals surface area contributed by atoms with Crippen LogP contribution in [0.25, 0.3) is 0 Å². The standard InChI is InChI=1S/C12H23NO3/c1-5-8-6-9(7-10(8)14)13-11(15)16-12(2,3)4/h8-10,14H,5-7H2,1-4H3,(H,13,15)/t8?,9?,10-/m0/s1. The number of carbonyl (C=O) groups excluding carboxylic acids is 1. The van der Waals surface area contributed by atoms with Gasteiger partial charge in [-0.2, -0.15) is 0 Å². The molecule has 0 aliphatic heterocycles. The third-order valence-corrected chi connectivity index (χ3v) is 2.90. The van der Waals surface area contributed by atoms with Gasteiger partial charge in [-0.3, -0.25) is 0 Å². The summed E-state index contributed by atoms with van der Waals surface area (Å²) in [6, 6.07) is 0.0507. The molecule has 0 aromatic rings. The van der Waals surface area contributed by atoms with Gasteiger partial charge in [-0.15, -0.1) is 0 Å². The number of rotatable bonds is 2. The summed E-state index contributed by atoms with van der Waals surface area (Å²) >= 11 is 0. The van der Waals surface area contributed by atoms with Crippen molar-refractivity contribution >= 4 is 6.09 Å². The minimum atomic E-state index is -0.467. The van der Waals surface area contributed by atoms with Crippen molar-refractivity contribution < 1.29 is 14.6 Å². The van der Waals surface area contributed by atoms with E-state index >= 15 is 0 Å². The predicted octanol–water partition coefficient (Wildman–Crippen LogP) is 2.06. The SMILES string of the molecule is CCC1CC(NC(=O)OC(C)(C)C)C[C@@H]1O. The fourth-order valence-corrected chi connectivity index (χ4v) is 2.13. The van der Waals surface area contributed by atoms with Crippen LogP contribution in [-0.4, -0.2) is 28.9 Å². The van der Waals surface area contributed by atoms with Crippen molar-refractivity contribution in [1.82, 2.24) is 5.32 Å². The van der Waals surface area contributed by atoms with E-state index in [2.05, 4.69) is 12.2 Å². The van der Waals surface area contributed by atoms with Crippen LogP contribution < -0.4 is 5.32 Å². The molecule has 1 rings (SSSR count). The normalized spacial score (nSPS) is 30.2. The zero-order valence-electron chi connectivity index (χ0n) is 10.6. The van der Waals surface area contributed by atoms with Crippen LogP contribution >= 0.6 is 0 Å². The second-order valence-corrected chi connectivity index (χ2v) is 5.55. The monoisotopic (exact) mass is 229 g/mol. The number of alkyl carbamates (subject to hydrolysis) is 1. The Balaban J connectivity index is 2.36. The van der Waals surface area contributed by atoms with E-state index in [1.807, 2.05) is 20.8 Å². The lowest BCUT2D eigenvalue weighted by Crippen LogP contribution is -2.38. The third kappa shape index (κ3) is 4.00. The van der Waals surface area contributed by atoms with Crippen LogP contribution in [0.2, 0.25) is 0 Å². The molecule has 1 saturated carbocycles. The van der Waals surface area contributed by atoms with Crippen molar-refractivity contribution in [2.75, 3.05) is 0 Å². The van der Waals surface area contributed by atoms with E-state index in [1.165, 1.54) is 0 Å². The first-order valence-electron chi connectivity index (χ1n) is 5.99. The molecule has 0 spiro atoms. The quantitative estimate of drug-likeness (QED) is 0.762. The largest absolute Gasteiger partial charge is 0.444 e. The van der Waals surface area contributed by atoms with Crippen molar-refractivity contribution in [3.8, 4) is 0 Å². The van der Waals surface area contributed by atoms with E-state index in [0.717, 1.165) is 12.8 Å². The van der Waals surface area contributed by atoms with Gasteiger partial charge in [0.05, 0.1) is 6.10 Å². The van der Waals surface area contributed by atoms with E-state index < -0.39 is 5.60 Å². The number of amides is 1. The summed E-state index contributed by atoms with van der Waals surface area (Å²) in [4.78, 5) is 11.5. The molecule has 2 unspecified atom stereocenters. The smallest absolute Gasteiger partial charge is 0.407 e. The number of aliphatic hydroxyl groups is 1. The highest BCUT2D eigenvalue weighted by Crippen LogP contribution is 2.28. The van der Waals surface area contributed by atoms with Crippen LogP contribution in [0.3, 0.4) is 0 Å². The van der Waals surface area contributed by atoms with E-state index in [0.29, 0.717) is 12.3 Å². The highest BCUT2D eigenvalue weighted by molar-refractivity contribution is 5.68. The van der Waals surface area contributed by atoms with Crippen molar-refractivity contribution in [3.63, 3.8) is 0 Å². The van der Waals surface area contributed by atoms with Gasteiger partial charge in [0, 0.05) is 6.04 Å². The van der Waals surface area contributed by atoms with Gasteiger partial charge in [0.1, 0.15) is 5.60 Å². The van der Waals surface area contributed by atoms with Crippen LogP contribution in [-0.2, 0) is 4.74 Å². The van der Waals surface area contributed by atoms with Gasteiger partial charge in [-0.25, -0.2) is 4.79 Å². The number of nitrogens with one attached hydrogen (secondary N) is 1. The topological polar surface area (TPSA) is 58.6 Å². The molecule has 94 valence electrons. The maximum atomic E-state index is 11.5. The van der Waals surface area contributed by atoms with Gasteiger partial charge >= 0.3 is 6.09 Å². The second-order valence-electron chi connectivity index (χ2n) is 5.55. The van der Waals surface area contributed by atoms with Gasteiger partial charge in [0.2, 0.25) is 0 Å². The zero-order valence-corrected chi connectivity index (χ0v) is 10.6. The number of hydrogen-bond acceptors (Lipinski definition) is 3. The van der Waals surface area contributed by atoms with Crippen LogP contribution in [0.15, 0.2) is 0 Å². The third-order valence-electron chi connectivity index (χ3n) is 2.90. The van der Waals surface area contributed by atoms with E-state index in [9.17, 15) is 9.90 Å². The molecular formula is C12H23NO3. The van der Waals surface area contributed by atoms with E-state index in [1.54, 1.807) is 0 Å². The molecule has 1 aliphatic rings. The molecule has 0 saturated heterocycles. The zero-order chi connectivity index (χ0) is 12.3. The highest BCUT2D eigenvalue weighted by Gasteiger charge is 2.33. The van der Waals surface area contributed by atoms with Gasteiger partial charge < -0.3 is 15.2 Å². The fourth-order valence-electron chi connectivity index (χ4n) is 2.13. The maximum absolute atomic E-state index is 11.5. The van der Waals surface area contributed by atoms with E-state index in [-0.39, 0.29) is 18.2 Å². The van der Waals surface area contributed by atoms with Gasteiger partial charge in [-0.1, -0.05) is 13.3 Å². The fraction of sp³-hybridized carbons (Fsp3) is 0.917. The van der Waals surface area contributed by atoms with Crippen LogP contribution in [0, 0.1) is 5.92 Å². The second kappa shape index (κ2) is 5.04. The summed E-state index contributed by atoms with van der Waals surface area (Å²) in [5.41, 5.74) is -0.467. The molecular weight excluding hydrogens is 206 g/mol. The lowest BCUT2D eigenvalue weighted by molar-refractivity contribution is 0.0502. The Hall–Kier alpha value is -0.770. The molecule has 1 aliphatic carbocycles. The van der Waals surface area contributed by atoms with Crippen molar-refractivity contribution in [2.24, 2.45) is 5.92 Å². The van der Waals surface area contributed by atoms with Gasteiger partial charge in [0.15, 0.2) is 0 Å². The lowest BCUT2D eigenvalue weighted by atomic mass is 10.0. The molecule has 0 radical (unpaired) electrons. The molecule has 0 aromatic carbocycles. The first kappa shape index (κ1) is 13.3. The molecule has 16 heavy (non-hydrogen) atoms. The van der Waals surface area contributed by atoms with Gasteiger partial charge in [0.25, 0.3) is 0 Å². The van der Waals surface area contributed by atoms with Crippen molar-refractivity contribution in [1.29, 1.82) is 0 Å². The average Bonchev–Trinajstić information content (AvgIpc) is 2.42. The van der Waals surface area contributed by atoms with Crippen LogP contribution in [0.1, 0.15) is 47.0 Å². The summed E-state index contributed by atoms with van der Waals surface area (Å²) < 4.78 is 5.17. The lowest BCUT2D eigenvalue weighted by Gasteiger charge is -2.21. The van der Waals surface area contributed by atoms with E-state index in [4.69, 9.17) is 4.74 Å². The Morgan fingerprint density at radius 1 is 1.44 bits per heavy atom. The Morgan fingerprint density at radius 3 is 2.50 bits per heavy atom. The number of carbonyl (C=O) groups is 1. The molecule has 2 N–H and O–H groups in total. The summed E-state index contributed by atoms with van der Waals surface area (Å²) in [6.07, 6.45) is 1.76. The number of hydrogen-bond donors (Lipinski definition) is 2. The molecule has 1 amide bonds. The van der Waals surface area contributed by atoms with Crippen LogP contribution in [0.5, 0.6) is 0 Å². The molecule has 4 heteroatoms. The first-order chi connectivity index (χ1) is 7.31. The molecule has 4 nitrogen and oxygen atoms in total. The summed E-state index contributed by atoms with van der Waals surface area (Å²) in [5, 5.41) is 12.5. The molecule has 1 fully saturated rings. The number of ether oxygens (including phenoxy) is 1. The highest BCUT2D eigenvalue weighted by atomic mass is 16.6. The molecule has 3 atom stereocenters. The minimum absolute atomic E-state index is 0.0507. The maximum Gasteiger partial charge on any atom is 0.407 e. The van der Waals surface area contributed by atoms with Crippen molar-refractivity contribution in [2.45, 2.75) is 64.7 Å². The molecule has 0 bridgehead atoms. The molecule has 0 aromatic heterocycles. The summed E-state index contributed by atoms with van der Waals surface area (Å²) in [6.45, 7) is 7.57. The minimum Gasteiger partial charge on any atom is -0.444 e. The Labute approximate surface area is 97.4 Å². The first-order valence-corrected chi connectivity index (χ1v) is 5.99. The Bertz CT molecular complexity index is 247. The Kier molecular flexibility index (Phi) is 4.19. The Morgan fingerprint density at radius 2 is 2.06 bits per heavy atom. The molecule has 0 heterocycles. The van der Waals surface area contributed by atoms with Gasteiger partial charge in [-0.05, 0) is 39.5 Å². The summed E-state index contributed by atoms with van der Waals surface area (Å²) in [5.74, 6) is 0.305. The number of aliphatic hydroxyl groups excluding tert-OH is 1. The predicted molar refractivity (Wildman–Crippen MR) is 62.2 cm³/mol. The van der Waals surface area contributed by atoms with Crippen LogP contribution in [0.4, 0.5) is 4.79 Å². The van der Waals surface area contributed by atoms with Crippen molar-refractivity contribution in [3.05, 3.63) is 0 Å².